The third-order valence-corrected chi connectivity index (χ3v) is 4.99. The number of nitrogens with one attached hydrogen (secondary N) is 1. The van der Waals surface area contributed by atoms with Crippen molar-refractivity contribution in [1.29, 1.82) is 0 Å². The molecule has 1 aliphatic rings. The average molecular weight is 334 g/mol. The molecule has 1 atom stereocenters. The summed E-state index contributed by atoms with van der Waals surface area (Å²) in [5.74, 6) is 0.110. The number of carbonyl (C=O) groups excluding carboxylic acids is 1. The first kappa shape index (κ1) is 16.1. The second-order valence-electron chi connectivity index (χ2n) is 5.85. The third kappa shape index (κ3) is 4.36. The number of nitrogens with zero attached hydrogens (tertiary/aromatic N) is 1. The fraction of sp³-hybridized carbons (Fsp3) is 0.412. The number of halogens is 1. The molecule has 0 radical (unpaired) electrons. The zero-order chi connectivity index (χ0) is 16.2. The van der Waals surface area contributed by atoms with Crippen LogP contribution in [0, 0.1) is 11.7 Å². The number of thiazole rings is 1. The normalized spacial score (nSPS) is 15.4. The fourth-order valence-electron chi connectivity index (χ4n) is 2.58. The van der Waals surface area contributed by atoms with Gasteiger partial charge >= 0.3 is 0 Å². The molecule has 4 nitrogen and oxygen atoms in total. The van der Waals surface area contributed by atoms with Gasteiger partial charge in [-0.05, 0) is 42.9 Å². The maximum absolute atomic E-state index is 12.9. The standard InChI is InChI=1S/C17H19FN2O2S/c18-13-5-1-11(2-6-13)9-16-19-10-15(23-16)17(22)20-14(7-8-21)12-3-4-12/h1-2,5-6,10,12,14,21H,3-4,7-9H2,(H,20,22). The summed E-state index contributed by atoms with van der Waals surface area (Å²) in [6.07, 6.45) is 4.99. The van der Waals surface area contributed by atoms with Crippen molar-refractivity contribution in [3.05, 3.63) is 51.7 Å². The number of aliphatic hydroxyl groups excluding tert-OH is 1. The smallest absolute Gasteiger partial charge is 0.263 e. The maximum Gasteiger partial charge on any atom is 0.263 e. The Morgan fingerprint density at radius 3 is 2.78 bits per heavy atom. The molecule has 122 valence electrons. The Labute approximate surface area is 138 Å². The summed E-state index contributed by atoms with van der Waals surface area (Å²) in [4.78, 5) is 17.2. The molecular weight excluding hydrogens is 315 g/mol. The zero-order valence-corrected chi connectivity index (χ0v) is 13.5. The number of amides is 1. The summed E-state index contributed by atoms with van der Waals surface area (Å²) in [6, 6.07) is 6.34. The molecule has 1 saturated carbocycles. The van der Waals surface area contributed by atoms with E-state index in [9.17, 15) is 9.18 Å². The second-order valence-corrected chi connectivity index (χ2v) is 6.97. The van der Waals surface area contributed by atoms with Gasteiger partial charge in [-0.15, -0.1) is 11.3 Å². The Morgan fingerprint density at radius 2 is 2.13 bits per heavy atom. The minimum absolute atomic E-state index is 0.0511. The van der Waals surface area contributed by atoms with E-state index in [2.05, 4.69) is 10.3 Å². The van der Waals surface area contributed by atoms with Crippen LogP contribution in [0.15, 0.2) is 30.5 Å². The van der Waals surface area contributed by atoms with Gasteiger partial charge in [-0.25, -0.2) is 9.37 Å². The van der Waals surface area contributed by atoms with E-state index in [0.717, 1.165) is 23.4 Å². The number of benzene rings is 1. The van der Waals surface area contributed by atoms with E-state index in [4.69, 9.17) is 5.11 Å². The largest absolute Gasteiger partial charge is 0.396 e. The highest BCUT2D eigenvalue weighted by Crippen LogP contribution is 2.34. The van der Waals surface area contributed by atoms with Gasteiger partial charge in [-0.2, -0.15) is 0 Å². The van der Waals surface area contributed by atoms with Gasteiger partial charge in [-0.1, -0.05) is 12.1 Å². The molecule has 1 unspecified atom stereocenters. The number of hydrogen-bond acceptors (Lipinski definition) is 4. The van der Waals surface area contributed by atoms with Crippen LogP contribution in [0.5, 0.6) is 0 Å². The molecule has 2 aromatic rings. The first-order chi connectivity index (χ1) is 11.2. The van der Waals surface area contributed by atoms with Crippen molar-refractivity contribution in [3.63, 3.8) is 0 Å². The molecule has 0 spiro atoms. The summed E-state index contributed by atoms with van der Waals surface area (Å²) < 4.78 is 12.9. The van der Waals surface area contributed by atoms with E-state index in [0.29, 0.717) is 23.6 Å². The second kappa shape index (κ2) is 7.19. The van der Waals surface area contributed by atoms with Crippen molar-refractivity contribution in [2.75, 3.05) is 6.61 Å². The molecule has 1 aromatic carbocycles. The molecule has 2 N–H and O–H groups in total. The Balaban J connectivity index is 1.61. The number of rotatable bonds is 7. The topological polar surface area (TPSA) is 62.2 Å². The van der Waals surface area contributed by atoms with Gasteiger partial charge in [0.1, 0.15) is 10.7 Å². The zero-order valence-electron chi connectivity index (χ0n) is 12.7. The van der Waals surface area contributed by atoms with Crippen molar-refractivity contribution in [3.8, 4) is 0 Å². The van der Waals surface area contributed by atoms with Crippen LogP contribution in [0.25, 0.3) is 0 Å². The van der Waals surface area contributed by atoms with Crippen LogP contribution in [-0.4, -0.2) is 28.6 Å². The van der Waals surface area contributed by atoms with E-state index in [1.165, 1.54) is 23.5 Å². The quantitative estimate of drug-likeness (QED) is 0.818. The van der Waals surface area contributed by atoms with Crippen LogP contribution >= 0.6 is 11.3 Å². The van der Waals surface area contributed by atoms with Gasteiger partial charge in [0.05, 0.1) is 11.2 Å². The van der Waals surface area contributed by atoms with Gasteiger partial charge < -0.3 is 10.4 Å². The molecular formula is C17H19FN2O2S. The number of hydrogen-bond donors (Lipinski definition) is 2. The molecule has 1 amide bonds. The van der Waals surface area contributed by atoms with Crippen molar-refractivity contribution < 1.29 is 14.3 Å². The number of carbonyl (C=O) groups is 1. The minimum Gasteiger partial charge on any atom is -0.396 e. The SMILES string of the molecule is O=C(NC(CCO)C1CC1)c1cnc(Cc2ccc(F)cc2)s1. The third-order valence-electron chi connectivity index (χ3n) is 3.99. The van der Waals surface area contributed by atoms with Gasteiger partial charge in [-0.3, -0.25) is 4.79 Å². The van der Waals surface area contributed by atoms with Gasteiger partial charge in [0.15, 0.2) is 0 Å². The summed E-state index contributed by atoms with van der Waals surface area (Å²) in [5.41, 5.74) is 0.962. The van der Waals surface area contributed by atoms with Crippen LogP contribution in [-0.2, 0) is 6.42 Å². The molecule has 0 bridgehead atoms. The first-order valence-corrected chi connectivity index (χ1v) is 8.58. The van der Waals surface area contributed by atoms with Gasteiger partial charge in [0, 0.05) is 19.1 Å². The van der Waals surface area contributed by atoms with Crippen LogP contribution in [0.3, 0.4) is 0 Å². The van der Waals surface area contributed by atoms with E-state index < -0.39 is 0 Å². The summed E-state index contributed by atoms with van der Waals surface area (Å²) >= 11 is 1.35. The monoisotopic (exact) mass is 334 g/mol. The summed E-state index contributed by atoms with van der Waals surface area (Å²) in [7, 11) is 0. The molecule has 1 aromatic heterocycles. The number of aliphatic hydroxyl groups is 1. The van der Waals surface area contributed by atoms with Crippen LogP contribution in [0.1, 0.15) is 39.5 Å². The molecule has 0 saturated heterocycles. The minimum atomic E-state index is -0.261. The van der Waals surface area contributed by atoms with Gasteiger partial charge in [0.2, 0.25) is 0 Å². The lowest BCUT2D eigenvalue weighted by Gasteiger charge is -2.16. The highest BCUT2D eigenvalue weighted by Gasteiger charge is 2.32. The van der Waals surface area contributed by atoms with Crippen LogP contribution in [0.2, 0.25) is 0 Å². The Bertz CT molecular complexity index is 667. The highest BCUT2D eigenvalue weighted by atomic mass is 32.1. The Morgan fingerprint density at radius 1 is 1.39 bits per heavy atom. The van der Waals surface area contributed by atoms with Crippen molar-refractivity contribution in [2.24, 2.45) is 5.92 Å². The van der Waals surface area contributed by atoms with Crippen molar-refractivity contribution in [2.45, 2.75) is 31.7 Å². The van der Waals surface area contributed by atoms with E-state index in [-0.39, 0.29) is 24.4 Å². The van der Waals surface area contributed by atoms with Gasteiger partial charge in [0.25, 0.3) is 5.91 Å². The average Bonchev–Trinajstić information content (AvgIpc) is 3.28. The van der Waals surface area contributed by atoms with Crippen molar-refractivity contribution >= 4 is 17.2 Å². The predicted molar refractivity (Wildman–Crippen MR) is 87.0 cm³/mol. The maximum atomic E-state index is 12.9. The lowest BCUT2D eigenvalue weighted by Crippen LogP contribution is -2.36. The lowest BCUT2D eigenvalue weighted by molar-refractivity contribution is 0.0928. The number of aromatic nitrogens is 1. The molecule has 3 rings (SSSR count). The molecule has 23 heavy (non-hydrogen) atoms. The molecule has 1 fully saturated rings. The Hall–Kier alpha value is -1.79. The lowest BCUT2D eigenvalue weighted by atomic mass is 10.1. The molecule has 1 heterocycles. The molecule has 0 aliphatic heterocycles. The van der Waals surface area contributed by atoms with E-state index >= 15 is 0 Å². The van der Waals surface area contributed by atoms with E-state index in [1.54, 1.807) is 18.3 Å². The first-order valence-electron chi connectivity index (χ1n) is 7.76. The fourth-order valence-corrected chi connectivity index (χ4v) is 3.43. The molecule has 1 aliphatic carbocycles. The summed E-state index contributed by atoms with van der Waals surface area (Å²) in [6.45, 7) is 0.0833. The highest BCUT2D eigenvalue weighted by molar-refractivity contribution is 7.13. The van der Waals surface area contributed by atoms with Crippen LogP contribution in [0.4, 0.5) is 4.39 Å². The van der Waals surface area contributed by atoms with Crippen LogP contribution < -0.4 is 5.32 Å². The van der Waals surface area contributed by atoms with E-state index in [1.807, 2.05) is 0 Å². The predicted octanol–water partition coefficient (Wildman–Crippen LogP) is 2.76. The summed E-state index contributed by atoms with van der Waals surface area (Å²) in [5, 5.41) is 12.9. The molecule has 6 heteroatoms. The van der Waals surface area contributed by atoms with Crippen molar-refractivity contribution in [1.82, 2.24) is 10.3 Å². The Kier molecular flexibility index (Phi) is 5.03.